The second kappa shape index (κ2) is 9.83. The summed E-state index contributed by atoms with van der Waals surface area (Å²) in [5, 5.41) is 12.3. The van der Waals surface area contributed by atoms with Crippen LogP contribution in [0.3, 0.4) is 0 Å². The molecule has 31 heavy (non-hydrogen) atoms. The normalized spacial score (nSPS) is 11.2. The number of benzene rings is 2. The van der Waals surface area contributed by atoms with Crippen LogP contribution < -0.4 is 10.1 Å². The number of ether oxygens (including phenoxy) is 1. The number of nitrogens with zero attached hydrogens (tertiary/aromatic N) is 3. The second-order valence-electron chi connectivity index (χ2n) is 8.07. The number of rotatable bonds is 8. The van der Waals surface area contributed by atoms with E-state index in [1.165, 1.54) is 11.8 Å². The Morgan fingerprint density at radius 1 is 1.19 bits per heavy atom. The summed E-state index contributed by atoms with van der Waals surface area (Å²) in [6.45, 7) is 10.8. The van der Waals surface area contributed by atoms with Crippen molar-refractivity contribution in [3.8, 4) is 17.1 Å². The van der Waals surface area contributed by atoms with Crippen molar-refractivity contribution in [2.75, 3.05) is 18.2 Å². The lowest BCUT2D eigenvalue weighted by molar-refractivity contribution is -0.113. The lowest BCUT2D eigenvalue weighted by Gasteiger charge is -2.21. The van der Waals surface area contributed by atoms with Crippen LogP contribution in [-0.2, 0) is 16.8 Å². The van der Waals surface area contributed by atoms with Crippen molar-refractivity contribution in [3.05, 3.63) is 66.7 Å². The van der Waals surface area contributed by atoms with E-state index in [1.54, 1.807) is 13.2 Å². The van der Waals surface area contributed by atoms with Gasteiger partial charge in [0, 0.05) is 12.1 Å². The number of anilines is 1. The first kappa shape index (κ1) is 22.6. The van der Waals surface area contributed by atoms with Crippen molar-refractivity contribution in [1.82, 2.24) is 14.8 Å². The zero-order valence-corrected chi connectivity index (χ0v) is 19.2. The quantitative estimate of drug-likeness (QED) is 0.390. The van der Waals surface area contributed by atoms with Crippen LogP contribution in [-0.4, -0.2) is 33.5 Å². The summed E-state index contributed by atoms with van der Waals surface area (Å²) in [6.07, 6.45) is 1.79. The fourth-order valence-electron chi connectivity index (χ4n) is 3.08. The van der Waals surface area contributed by atoms with E-state index in [-0.39, 0.29) is 17.1 Å². The van der Waals surface area contributed by atoms with Crippen molar-refractivity contribution in [2.24, 2.45) is 0 Å². The summed E-state index contributed by atoms with van der Waals surface area (Å²) in [7, 11) is 1.60. The molecule has 0 spiro atoms. The van der Waals surface area contributed by atoms with Crippen molar-refractivity contribution >= 4 is 23.4 Å². The molecule has 1 aromatic heterocycles. The van der Waals surface area contributed by atoms with E-state index in [2.05, 4.69) is 42.9 Å². The summed E-state index contributed by atoms with van der Waals surface area (Å²) >= 11 is 1.34. The van der Waals surface area contributed by atoms with E-state index >= 15 is 0 Å². The standard InChI is InChI=1S/C24H28N4O2S/c1-6-14-28-22(17-10-8-7-9-11-17)26-27-23(28)31-16-21(29)25-19-15-18(24(2,3)4)12-13-20(19)30-5/h6-13,15H,1,14,16H2,2-5H3,(H,25,29). The molecule has 0 unspecified atom stereocenters. The monoisotopic (exact) mass is 436 g/mol. The molecule has 0 fully saturated rings. The van der Waals surface area contributed by atoms with Gasteiger partial charge in [-0.2, -0.15) is 0 Å². The summed E-state index contributed by atoms with van der Waals surface area (Å²) in [5.41, 5.74) is 2.72. The predicted molar refractivity (Wildman–Crippen MR) is 127 cm³/mol. The van der Waals surface area contributed by atoms with Gasteiger partial charge in [0.15, 0.2) is 11.0 Å². The average molecular weight is 437 g/mol. The van der Waals surface area contributed by atoms with Crippen molar-refractivity contribution in [3.63, 3.8) is 0 Å². The maximum absolute atomic E-state index is 12.7. The summed E-state index contributed by atoms with van der Waals surface area (Å²) in [6, 6.07) is 15.7. The molecule has 0 atom stereocenters. The van der Waals surface area contributed by atoms with Crippen molar-refractivity contribution < 1.29 is 9.53 Å². The molecule has 3 aromatic rings. The van der Waals surface area contributed by atoms with Crippen LogP contribution in [0.2, 0.25) is 0 Å². The Bertz CT molecular complexity index is 1060. The molecule has 0 bridgehead atoms. The molecule has 1 amide bonds. The average Bonchev–Trinajstić information content (AvgIpc) is 3.15. The number of hydrogen-bond donors (Lipinski definition) is 1. The highest BCUT2D eigenvalue weighted by molar-refractivity contribution is 7.99. The maximum atomic E-state index is 12.7. The first-order chi connectivity index (χ1) is 14.8. The fraction of sp³-hybridized carbons (Fsp3) is 0.292. The van der Waals surface area contributed by atoms with Crippen LogP contribution in [0, 0.1) is 0 Å². The zero-order chi connectivity index (χ0) is 22.4. The van der Waals surface area contributed by atoms with Crippen LogP contribution in [0.5, 0.6) is 5.75 Å². The van der Waals surface area contributed by atoms with Gasteiger partial charge in [-0.05, 0) is 23.1 Å². The number of carbonyl (C=O) groups is 1. The minimum Gasteiger partial charge on any atom is -0.495 e. The van der Waals surface area contributed by atoms with E-state index in [4.69, 9.17) is 4.74 Å². The minimum atomic E-state index is -0.135. The van der Waals surface area contributed by atoms with Gasteiger partial charge in [-0.3, -0.25) is 9.36 Å². The molecule has 3 rings (SSSR count). The van der Waals surface area contributed by atoms with Crippen LogP contribution in [0.1, 0.15) is 26.3 Å². The van der Waals surface area contributed by atoms with Gasteiger partial charge in [0.2, 0.25) is 5.91 Å². The topological polar surface area (TPSA) is 69.0 Å². The predicted octanol–water partition coefficient (Wildman–Crippen LogP) is 5.17. The lowest BCUT2D eigenvalue weighted by Crippen LogP contribution is -2.17. The third kappa shape index (κ3) is 5.55. The minimum absolute atomic E-state index is 0.0323. The van der Waals surface area contributed by atoms with Gasteiger partial charge >= 0.3 is 0 Å². The molecule has 2 aromatic carbocycles. The van der Waals surface area contributed by atoms with Gasteiger partial charge in [0.1, 0.15) is 5.75 Å². The Balaban J connectivity index is 1.75. The first-order valence-corrected chi connectivity index (χ1v) is 11.0. The van der Waals surface area contributed by atoms with Gasteiger partial charge in [-0.25, -0.2) is 0 Å². The number of hydrogen-bond acceptors (Lipinski definition) is 5. The SMILES string of the molecule is C=CCn1c(SCC(=O)Nc2cc(C(C)(C)C)ccc2OC)nnc1-c1ccccc1. The van der Waals surface area contributed by atoms with Gasteiger partial charge < -0.3 is 10.1 Å². The second-order valence-corrected chi connectivity index (χ2v) is 9.02. The number of amides is 1. The molecule has 0 aliphatic carbocycles. The molecule has 0 aliphatic heterocycles. The highest BCUT2D eigenvalue weighted by Crippen LogP contribution is 2.32. The number of aromatic nitrogens is 3. The molecular formula is C24H28N4O2S. The number of nitrogens with one attached hydrogen (secondary N) is 1. The van der Waals surface area contributed by atoms with E-state index in [0.717, 1.165) is 17.0 Å². The highest BCUT2D eigenvalue weighted by atomic mass is 32.2. The lowest BCUT2D eigenvalue weighted by atomic mass is 9.87. The molecule has 0 radical (unpaired) electrons. The number of carbonyl (C=O) groups excluding carboxylic acids is 1. The molecule has 0 saturated heterocycles. The molecule has 6 nitrogen and oxygen atoms in total. The summed E-state index contributed by atoms with van der Waals surface area (Å²) in [4.78, 5) is 12.7. The maximum Gasteiger partial charge on any atom is 0.234 e. The van der Waals surface area contributed by atoms with E-state index in [9.17, 15) is 4.79 Å². The molecule has 1 heterocycles. The Morgan fingerprint density at radius 3 is 2.58 bits per heavy atom. The van der Waals surface area contributed by atoms with E-state index in [1.807, 2.05) is 53.1 Å². The third-order valence-corrected chi connectivity index (χ3v) is 5.70. The highest BCUT2D eigenvalue weighted by Gasteiger charge is 2.18. The van der Waals surface area contributed by atoms with Gasteiger partial charge in [-0.1, -0.05) is 75.0 Å². The summed E-state index contributed by atoms with van der Waals surface area (Å²) < 4.78 is 7.38. The fourth-order valence-corrected chi connectivity index (χ4v) is 3.83. The van der Waals surface area contributed by atoms with Gasteiger partial charge in [0.25, 0.3) is 0 Å². The van der Waals surface area contributed by atoms with Crippen molar-refractivity contribution in [1.29, 1.82) is 0 Å². The summed E-state index contributed by atoms with van der Waals surface area (Å²) in [5.74, 6) is 1.45. The Kier molecular flexibility index (Phi) is 7.17. The zero-order valence-electron chi connectivity index (χ0n) is 18.4. The number of allylic oxidation sites excluding steroid dienone is 1. The molecule has 162 valence electrons. The van der Waals surface area contributed by atoms with E-state index < -0.39 is 0 Å². The van der Waals surface area contributed by atoms with Crippen LogP contribution >= 0.6 is 11.8 Å². The first-order valence-electron chi connectivity index (χ1n) is 10.0. The van der Waals surface area contributed by atoms with E-state index in [0.29, 0.717) is 23.1 Å². The Hall–Kier alpha value is -3.06. The van der Waals surface area contributed by atoms with Crippen LogP contribution in [0.25, 0.3) is 11.4 Å². The van der Waals surface area contributed by atoms with Crippen molar-refractivity contribution in [2.45, 2.75) is 37.9 Å². The molecule has 0 saturated carbocycles. The Morgan fingerprint density at radius 2 is 1.94 bits per heavy atom. The smallest absolute Gasteiger partial charge is 0.234 e. The van der Waals surface area contributed by atoms with Gasteiger partial charge in [0.05, 0.1) is 18.6 Å². The number of methoxy groups -OCH3 is 1. The Labute approximate surface area is 187 Å². The van der Waals surface area contributed by atoms with Crippen LogP contribution in [0.15, 0.2) is 66.3 Å². The third-order valence-electron chi connectivity index (χ3n) is 4.73. The molecule has 7 heteroatoms. The van der Waals surface area contributed by atoms with Crippen LogP contribution in [0.4, 0.5) is 5.69 Å². The molecule has 1 N–H and O–H groups in total. The largest absolute Gasteiger partial charge is 0.495 e. The molecule has 0 aliphatic rings. The van der Waals surface area contributed by atoms with Gasteiger partial charge in [-0.15, -0.1) is 16.8 Å². The molecular weight excluding hydrogens is 408 g/mol. The number of thioether (sulfide) groups is 1.